The van der Waals surface area contributed by atoms with Gasteiger partial charge in [0.25, 0.3) is 10.1 Å². The molecule has 2 N–H and O–H groups in total. The maximum Gasteiger partial charge on any atom is 0.267 e. The minimum absolute atomic E-state index is 0.123. The maximum atomic E-state index is 11.8. The van der Waals surface area contributed by atoms with Gasteiger partial charge in [-0.05, 0) is 33.2 Å². The Morgan fingerprint density at radius 1 is 1.24 bits per heavy atom. The van der Waals surface area contributed by atoms with Crippen LogP contribution in [0.3, 0.4) is 0 Å². The lowest BCUT2D eigenvalue weighted by molar-refractivity contribution is 0.429. The highest BCUT2D eigenvalue weighted by atomic mass is 32.2. The van der Waals surface area contributed by atoms with Crippen molar-refractivity contribution < 1.29 is 21.4 Å². The van der Waals surface area contributed by atoms with Crippen molar-refractivity contribution in [1.29, 1.82) is 0 Å². The van der Waals surface area contributed by atoms with Gasteiger partial charge in [0.15, 0.2) is 0 Å². The lowest BCUT2D eigenvalue weighted by Gasteiger charge is -2.30. The summed E-state index contributed by atoms with van der Waals surface area (Å²) in [5, 5.41) is -1.06. The van der Waals surface area contributed by atoms with Crippen LogP contribution in [-0.4, -0.2) is 38.4 Å². The highest BCUT2D eigenvalue weighted by Gasteiger charge is 2.41. The molecule has 0 aromatic carbocycles. The summed E-state index contributed by atoms with van der Waals surface area (Å²) in [5.74, 6) is 0. The Balaban J connectivity index is 5.32. The van der Waals surface area contributed by atoms with Crippen molar-refractivity contribution in [2.24, 2.45) is 0 Å². The molecule has 0 saturated carbocycles. The molecule has 104 valence electrons. The largest absolute Gasteiger partial charge is 0.285 e. The van der Waals surface area contributed by atoms with Crippen molar-refractivity contribution in [3.63, 3.8) is 0 Å². The quantitative estimate of drug-likeness (QED) is 0.673. The second kappa shape index (κ2) is 5.64. The van der Waals surface area contributed by atoms with E-state index in [1.54, 1.807) is 13.8 Å². The predicted octanol–water partition coefficient (Wildman–Crippen LogP) is 0.761. The van der Waals surface area contributed by atoms with E-state index in [4.69, 9.17) is 4.55 Å². The third-order valence-corrected chi connectivity index (χ3v) is 6.83. The van der Waals surface area contributed by atoms with Gasteiger partial charge in [0.1, 0.15) is 0 Å². The average Bonchev–Trinajstić information content (AvgIpc) is 2.23. The molecule has 0 radical (unpaired) electrons. The molecule has 0 fully saturated rings. The highest BCUT2D eigenvalue weighted by Crippen LogP contribution is 2.29. The molecule has 0 aromatic heterocycles. The summed E-state index contributed by atoms with van der Waals surface area (Å²) < 4.78 is 55.9. The van der Waals surface area contributed by atoms with Gasteiger partial charge in [-0.15, -0.1) is 0 Å². The third kappa shape index (κ3) is 3.90. The molecule has 0 aliphatic rings. The number of nitrogens with one attached hydrogen (secondary N) is 1. The molecule has 0 heterocycles. The van der Waals surface area contributed by atoms with Crippen LogP contribution in [0.4, 0.5) is 0 Å². The molecule has 6 nitrogen and oxygen atoms in total. The second-order valence-corrected chi connectivity index (χ2v) is 8.36. The summed E-state index contributed by atoms with van der Waals surface area (Å²) in [5.41, 5.74) is 0. The van der Waals surface area contributed by atoms with Crippen LogP contribution in [0.5, 0.6) is 0 Å². The lowest BCUT2D eigenvalue weighted by Crippen LogP contribution is -2.45. The Morgan fingerprint density at radius 3 is 1.94 bits per heavy atom. The van der Waals surface area contributed by atoms with E-state index in [-0.39, 0.29) is 19.3 Å². The summed E-state index contributed by atoms with van der Waals surface area (Å²) in [4.78, 5) is 0. The molecule has 0 aliphatic carbocycles. The SMILES string of the molecule is CCC(CC(C)(CC)S(=O)(=O)NC)S(=O)(=O)O. The Labute approximate surface area is 104 Å². The molecule has 0 bridgehead atoms. The predicted molar refractivity (Wildman–Crippen MR) is 66.9 cm³/mol. The molecule has 0 rings (SSSR count). The van der Waals surface area contributed by atoms with Gasteiger partial charge in [-0.2, -0.15) is 8.42 Å². The molecule has 0 aromatic rings. The molecule has 0 aliphatic heterocycles. The Hall–Kier alpha value is -0.180. The van der Waals surface area contributed by atoms with E-state index in [9.17, 15) is 16.8 Å². The molecule has 2 atom stereocenters. The van der Waals surface area contributed by atoms with Crippen LogP contribution < -0.4 is 4.72 Å². The van der Waals surface area contributed by atoms with Crippen molar-refractivity contribution in [1.82, 2.24) is 4.72 Å². The molecule has 8 heteroatoms. The molecular weight excluding hydrogens is 266 g/mol. The van der Waals surface area contributed by atoms with E-state index in [2.05, 4.69) is 4.72 Å². The van der Waals surface area contributed by atoms with Gasteiger partial charge < -0.3 is 0 Å². The molecule has 0 spiro atoms. The summed E-state index contributed by atoms with van der Waals surface area (Å²) in [6, 6.07) is 0. The highest BCUT2D eigenvalue weighted by molar-refractivity contribution is 7.91. The Bertz CT molecular complexity index is 442. The first-order valence-electron chi connectivity index (χ1n) is 5.43. The van der Waals surface area contributed by atoms with Crippen LogP contribution in [0.25, 0.3) is 0 Å². The summed E-state index contributed by atoms with van der Waals surface area (Å²) >= 11 is 0. The van der Waals surface area contributed by atoms with E-state index >= 15 is 0 Å². The summed E-state index contributed by atoms with van der Waals surface area (Å²) in [6.07, 6.45) is 0.317. The van der Waals surface area contributed by atoms with Crippen molar-refractivity contribution in [2.45, 2.75) is 50.0 Å². The second-order valence-electron chi connectivity index (χ2n) is 4.26. The zero-order valence-corrected chi connectivity index (χ0v) is 12.2. The number of rotatable bonds is 7. The average molecular weight is 287 g/mol. The summed E-state index contributed by atoms with van der Waals surface area (Å²) in [7, 11) is -6.53. The zero-order valence-electron chi connectivity index (χ0n) is 10.6. The van der Waals surface area contributed by atoms with Crippen molar-refractivity contribution in [3.8, 4) is 0 Å². The normalized spacial score (nSPS) is 18.6. The van der Waals surface area contributed by atoms with Gasteiger partial charge in [-0.1, -0.05) is 13.8 Å². The van der Waals surface area contributed by atoms with Crippen molar-refractivity contribution >= 4 is 20.1 Å². The molecular formula is C9H21NO5S2. The minimum atomic E-state index is -4.22. The van der Waals surface area contributed by atoms with Gasteiger partial charge >= 0.3 is 0 Å². The topological polar surface area (TPSA) is 101 Å². The van der Waals surface area contributed by atoms with Crippen LogP contribution in [-0.2, 0) is 20.1 Å². The Kier molecular flexibility index (Phi) is 5.58. The number of hydrogen-bond donors (Lipinski definition) is 2. The van der Waals surface area contributed by atoms with Gasteiger partial charge in [0.2, 0.25) is 10.0 Å². The van der Waals surface area contributed by atoms with Crippen molar-refractivity contribution in [2.75, 3.05) is 7.05 Å². The van der Waals surface area contributed by atoms with Crippen LogP contribution in [0, 0.1) is 0 Å². The monoisotopic (exact) mass is 287 g/mol. The first-order chi connectivity index (χ1) is 7.54. The molecule has 0 amide bonds. The lowest BCUT2D eigenvalue weighted by atomic mass is 10.0. The van der Waals surface area contributed by atoms with E-state index in [0.29, 0.717) is 0 Å². The first kappa shape index (κ1) is 16.8. The van der Waals surface area contributed by atoms with Crippen LogP contribution >= 0.6 is 0 Å². The van der Waals surface area contributed by atoms with Crippen LogP contribution in [0.1, 0.15) is 40.0 Å². The molecule has 17 heavy (non-hydrogen) atoms. The zero-order chi connectivity index (χ0) is 13.9. The molecule has 2 unspecified atom stereocenters. The standard InChI is InChI=1S/C9H21NO5S2/c1-5-8(16(11,12)13)7-9(3,6-2)17(14,15)10-4/h8,10H,5-7H2,1-4H3,(H,11,12,13). The van der Waals surface area contributed by atoms with E-state index < -0.39 is 30.1 Å². The van der Waals surface area contributed by atoms with Crippen LogP contribution in [0.2, 0.25) is 0 Å². The summed E-state index contributed by atoms with van der Waals surface area (Å²) in [6.45, 7) is 4.75. The van der Waals surface area contributed by atoms with Gasteiger partial charge in [-0.3, -0.25) is 4.55 Å². The minimum Gasteiger partial charge on any atom is -0.285 e. The van der Waals surface area contributed by atoms with E-state index in [1.807, 2.05) is 0 Å². The van der Waals surface area contributed by atoms with E-state index in [0.717, 1.165) is 0 Å². The van der Waals surface area contributed by atoms with Crippen molar-refractivity contribution in [3.05, 3.63) is 0 Å². The molecule has 0 saturated heterocycles. The van der Waals surface area contributed by atoms with Gasteiger partial charge in [-0.25, -0.2) is 13.1 Å². The third-order valence-electron chi connectivity index (χ3n) is 3.20. The fourth-order valence-corrected chi connectivity index (χ4v) is 4.03. The van der Waals surface area contributed by atoms with Gasteiger partial charge in [0.05, 0.1) is 10.00 Å². The fourth-order valence-electron chi connectivity index (χ4n) is 1.63. The number of hydrogen-bond acceptors (Lipinski definition) is 4. The fraction of sp³-hybridized carbons (Fsp3) is 1.00. The Morgan fingerprint density at radius 2 is 1.71 bits per heavy atom. The number of sulfonamides is 1. The maximum absolute atomic E-state index is 11.8. The first-order valence-corrected chi connectivity index (χ1v) is 8.42. The van der Waals surface area contributed by atoms with Crippen LogP contribution in [0.15, 0.2) is 0 Å². The van der Waals surface area contributed by atoms with Gasteiger partial charge in [0, 0.05) is 0 Å². The van der Waals surface area contributed by atoms with E-state index in [1.165, 1.54) is 14.0 Å². The smallest absolute Gasteiger partial charge is 0.267 e.